The van der Waals surface area contributed by atoms with Gasteiger partial charge in [0.25, 0.3) is 0 Å². The summed E-state index contributed by atoms with van der Waals surface area (Å²) >= 11 is 0. The summed E-state index contributed by atoms with van der Waals surface area (Å²) in [5.74, 6) is 0.407. The minimum Gasteiger partial charge on any atom is -0.393 e. The van der Waals surface area contributed by atoms with E-state index in [0.29, 0.717) is 12.0 Å². The lowest BCUT2D eigenvalue weighted by molar-refractivity contribution is 0.125. The van der Waals surface area contributed by atoms with Crippen molar-refractivity contribution in [2.45, 2.75) is 25.5 Å². The number of nitrogens with zero attached hydrogens (tertiary/aromatic N) is 1. The van der Waals surface area contributed by atoms with Crippen molar-refractivity contribution in [2.75, 3.05) is 13.1 Å². The van der Waals surface area contributed by atoms with E-state index in [-0.39, 0.29) is 6.10 Å². The van der Waals surface area contributed by atoms with Gasteiger partial charge in [-0.15, -0.1) is 0 Å². The van der Waals surface area contributed by atoms with E-state index in [9.17, 15) is 5.11 Å². The molecule has 2 atom stereocenters. The van der Waals surface area contributed by atoms with Crippen LogP contribution in [0.3, 0.4) is 0 Å². The van der Waals surface area contributed by atoms with Gasteiger partial charge >= 0.3 is 0 Å². The van der Waals surface area contributed by atoms with Gasteiger partial charge in [0.05, 0.1) is 12.1 Å². The van der Waals surface area contributed by atoms with Crippen LogP contribution >= 0.6 is 0 Å². The second-order valence-electron chi connectivity index (χ2n) is 6.36. The molecule has 1 heterocycles. The normalized spacial score (nSPS) is 23.0. The smallest absolute Gasteiger partial charge is 0.0614 e. The minimum absolute atomic E-state index is 0.207. The van der Waals surface area contributed by atoms with Crippen LogP contribution in [0.4, 0.5) is 0 Å². The van der Waals surface area contributed by atoms with Crippen molar-refractivity contribution in [1.29, 1.82) is 0 Å². The van der Waals surface area contributed by atoms with Crippen LogP contribution in [-0.2, 0) is 0 Å². The molecule has 2 heteroatoms. The van der Waals surface area contributed by atoms with Crippen molar-refractivity contribution in [3.05, 3.63) is 59.7 Å². The van der Waals surface area contributed by atoms with Gasteiger partial charge in [-0.2, -0.15) is 0 Å². The van der Waals surface area contributed by atoms with Crippen LogP contribution in [0.5, 0.6) is 0 Å². The van der Waals surface area contributed by atoms with Crippen LogP contribution in [0.15, 0.2) is 48.5 Å². The topological polar surface area (TPSA) is 23.5 Å². The Morgan fingerprint density at radius 3 is 2.10 bits per heavy atom. The number of hydrogen-bond donors (Lipinski definition) is 1. The second kappa shape index (κ2) is 4.97. The molecule has 2 aromatic rings. The Morgan fingerprint density at radius 1 is 1.00 bits per heavy atom. The highest BCUT2D eigenvalue weighted by molar-refractivity contribution is 5.78. The number of aliphatic hydroxyl groups is 1. The first kappa shape index (κ1) is 13.1. The maximum absolute atomic E-state index is 9.88. The van der Waals surface area contributed by atoms with Gasteiger partial charge in [-0.05, 0) is 48.1 Å². The summed E-state index contributed by atoms with van der Waals surface area (Å²) in [5, 5.41) is 9.88. The Kier molecular flexibility index (Phi) is 3.09. The fraction of sp³-hybridized carbons (Fsp3) is 0.368. The molecule has 2 aliphatic rings. The zero-order chi connectivity index (χ0) is 14.4. The van der Waals surface area contributed by atoms with Gasteiger partial charge in [0.2, 0.25) is 0 Å². The van der Waals surface area contributed by atoms with Crippen LogP contribution in [0.25, 0.3) is 11.1 Å². The molecule has 108 valence electrons. The first-order valence-corrected chi connectivity index (χ1v) is 7.86. The van der Waals surface area contributed by atoms with Gasteiger partial charge in [-0.1, -0.05) is 48.5 Å². The largest absolute Gasteiger partial charge is 0.393 e. The molecule has 21 heavy (non-hydrogen) atoms. The monoisotopic (exact) mass is 279 g/mol. The van der Waals surface area contributed by atoms with E-state index >= 15 is 0 Å². The SMILES string of the molecule is CC(O)C1CCN(C2c3ccccc3-c3ccccc32)C1. The molecule has 0 spiro atoms. The number of aliphatic hydroxyl groups excluding tert-OH is 1. The quantitative estimate of drug-likeness (QED) is 0.910. The number of rotatable bonds is 2. The molecule has 0 aromatic heterocycles. The lowest BCUT2D eigenvalue weighted by Crippen LogP contribution is -2.28. The summed E-state index contributed by atoms with van der Waals surface area (Å²) in [7, 11) is 0. The number of hydrogen-bond acceptors (Lipinski definition) is 2. The Balaban J connectivity index is 1.76. The first-order chi connectivity index (χ1) is 10.3. The van der Waals surface area contributed by atoms with Crippen LogP contribution in [0.2, 0.25) is 0 Å². The molecule has 4 rings (SSSR count). The molecule has 1 saturated heterocycles. The van der Waals surface area contributed by atoms with Gasteiger partial charge in [0.1, 0.15) is 0 Å². The molecule has 0 amide bonds. The standard InChI is InChI=1S/C19H21NO/c1-13(21)14-10-11-20(12-14)19-17-8-4-2-6-15(17)16-7-3-5-9-18(16)19/h2-9,13-14,19,21H,10-12H2,1H3. The zero-order valence-corrected chi connectivity index (χ0v) is 12.4. The van der Waals surface area contributed by atoms with E-state index in [1.54, 1.807) is 0 Å². The lowest BCUT2D eigenvalue weighted by atomic mass is 10.0. The summed E-state index contributed by atoms with van der Waals surface area (Å²) in [6.45, 7) is 3.98. The van der Waals surface area contributed by atoms with E-state index in [1.807, 2.05) is 6.92 Å². The van der Waals surface area contributed by atoms with E-state index in [4.69, 9.17) is 0 Å². The van der Waals surface area contributed by atoms with E-state index < -0.39 is 0 Å². The van der Waals surface area contributed by atoms with Crippen molar-refractivity contribution in [2.24, 2.45) is 5.92 Å². The molecule has 2 aromatic carbocycles. The van der Waals surface area contributed by atoms with E-state index in [1.165, 1.54) is 22.3 Å². The van der Waals surface area contributed by atoms with Crippen LogP contribution in [0, 0.1) is 5.92 Å². The zero-order valence-electron chi connectivity index (χ0n) is 12.4. The third-order valence-electron chi connectivity index (χ3n) is 5.10. The molecule has 1 aliphatic heterocycles. The Bertz CT molecular complexity index is 619. The molecular weight excluding hydrogens is 258 g/mol. The lowest BCUT2D eigenvalue weighted by Gasteiger charge is -2.26. The second-order valence-corrected chi connectivity index (χ2v) is 6.36. The predicted molar refractivity (Wildman–Crippen MR) is 85.1 cm³/mol. The third-order valence-corrected chi connectivity index (χ3v) is 5.10. The van der Waals surface area contributed by atoms with Crippen molar-refractivity contribution in [3.8, 4) is 11.1 Å². The van der Waals surface area contributed by atoms with Gasteiger partial charge in [-0.3, -0.25) is 4.90 Å². The minimum atomic E-state index is -0.207. The van der Waals surface area contributed by atoms with Crippen molar-refractivity contribution >= 4 is 0 Å². The van der Waals surface area contributed by atoms with Crippen molar-refractivity contribution in [3.63, 3.8) is 0 Å². The van der Waals surface area contributed by atoms with Crippen LogP contribution < -0.4 is 0 Å². The third kappa shape index (κ3) is 2.02. The Morgan fingerprint density at radius 2 is 1.57 bits per heavy atom. The molecule has 0 radical (unpaired) electrons. The maximum Gasteiger partial charge on any atom is 0.0614 e. The molecule has 2 unspecified atom stereocenters. The summed E-state index contributed by atoms with van der Waals surface area (Å²) in [6.07, 6.45) is 0.889. The average molecular weight is 279 g/mol. The fourth-order valence-electron chi connectivity index (χ4n) is 3.97. The maximum atomic E-state index is 9.88. The first-order valence-electron chi connectivity index (χ1n) is 7.86. The van der Waals surface area contributed by atoms with Gasteiger partial charge < -0.3 is 5.11 Å². The highest BCUT2D eigenvalue weighted by Gasteiger charge is 2.37. The van der Waals surface area contributed by atoms with Crippen LogP contribution in [0.1, 0.15) is 30.5 Å². The fourth-order valence-corrected chi connectivity index (χ4v) is 3.97. The predicted octanol–water partition coefficient (Wildman–Crippen LogP) is 3.46. The van der Waals surface area contributed by atoms with Crippen molar-refractivity contribution < 1.29 is 5.11 Å². The molecule has 2 nitrogen and oxygen atoms in total. The Hall–Kier alpha value is -1.64. The highest BCUT2D eigenvalue weighted by atomic mass is 16.3. The van der Waals surface area contributed by atoms with E-state index in [0.717, 1.165) is 19.5 Å². The molecule has 1 fully saturated rings. The summed E-state index contributed by atoms with van der Waals surface area (Å²) in [4.78, 5) is 2.54. The summed E-state index contributed by atoms with van der Waals surface area (Å²) < 4.78 is 0. The number of benzene rings is 2. The molecule has 0 bridgehead atoms. The highest BCUT2D eigenvalue weighted by Crippen LogP contribution is 2.47. The number of fused-ring (bicyclic) bond motifs is 3. The molecule has 1 aliphatic carbocycles. The van der Waals surface area contributed by atoms with Gasteiger partial charge in [0.15, 0.2) is 0 Å². The van der Waals surface area contributed by atoms with Crippen molar-refractivity contribution in [1.82, 2.24) is 4.90 Å². The summed E-state index contributed by atoms with van der Waals surface area (Å²) in [6, 6.07) is 17.9. The molecular formula is C19H21NO. The number of likely N-dealkylation sites (tertiary alicyclic amines) is 1. The van der Waals surface area contributed by atoms with Gasteiger partial charge in [-0.25, -0.2) is 0 Å². The summed E-state index contributed by atoms with van der Waals surface area (Å²) in [5.41, 5.74) is 5.59. The average Bonchev–Trinajstić information content (AvgIpc) is 3.09. The van der Waals surface area contributed by atoms with Crippen LogP contribution in [-0.4, -0.2) is 29.2 Å². The Labute approximate surface area is 126 Å². The van der Waals surface area contributed by atoms with Gasteiger partial charge in [0, 0.05) is 6.54 Å². The molecule has 1 N–H and O–H groups in total. The molecule has 0 saturated carbocycles. The van der Waals surface area contributed by atoms with E-state index in [2.05, 4.69) is 53.4 Å².